The molecule has 1 heteroatoms. The van der Waals surface area contributed by atoms with Gasteiger partial charge in [-0.2, -0.15) is 0 Å². The molecule has 0 atom stereocenters. The van der Waals surface area contributed by atoms with E-state index in [1.807, 2.05) is 20.1 Å². The molecule has 0 aliphatic heterocycles. The molecule has 14 heavy (non-hydrogen) atoms. The van der Waals surface area contributed by atoms with Crippen LogP contribution in [0.4, 0.5) is 0 Å². The van der Waals surface area contributed by atoms with E-state index in [9.17, 15) is 4.79 Å². The SMILES string of the molecule is CC/C=C/CC/C=C/CC(C)(C)[C]=O. The highest BCUT2D eigenvalue weighted by atomic mass is 16.1. The van der Waals surface area contributed by atoms with Crippen LogP contribution in [0.5, 0.6) is 0 Å². The first-order valence-corrected chi connectivity index (χ1v) is 5.31. The number of unbranched alkanes of at least 4 members (excludes halogenated alkanes) is 1. The van der Waals surface area contributed by atoms with Gasteiger partial charge < -0.3 is 0 Å². The van der Waals surface area contributed by atoms with Crippen molar-refractivity contribution in [1.29, 1.82) is 0 Å². The first-order chi connectivity index (χ1) is 6.62. The van der Waals surface area contributed by atoms with Gasteiger partial charge in [-0.05, 0) is 25.7 Å². The molecule has 0 bridgehead atoms. The van der Waals surface area contributed by atoms with Gasteiger partial charge in [-0.3, -0.25) is 4.79 Å². The predicted molar refractivity (Wildman–Crippen MR) is 61.9 cm³/mol. The number of allylic oxidation sites excluding steroid dienone is 4. The first kappa shape index (κ1) is 13.2. The van der Waals surface area contributed by atoms with E-state index in [-0.39, 0.29) is 5.41 Å². The molecule has 0 saturated carbocycles. The summed E-state index contributed by atoms with van der Waals surface area (Å²) in [6.07, 6.45) is 14.7. The van der Waals surface area contributed by atoms with Crippen molar-refractivity contribution in [3.8, 4) is 0 Å². The Labute approximate surface area is 87.9 Å². The van der Waals surface area contributed by atoms with Crippen molar-refractivity contribution in [2.24, 2.45) is 5.41 Å². The second-order valence-corrected chi connectivity index (χ2v) is 4.12. The average molecular weight is 193 g/mol. The standard InChI is InChI=1S/C13H21O/c1-4-5-6-7-8-9-10-11-13(2,3)12-14/h5-6,9-10H,4,7-8,11H2,1-3H3/b6-5+,10-9+. The molecule has 0 saturated heterocycles. The monoisotopic (exact) mass is 193 g/mol. The van der Waals surface area contributed by atoms with E-state index in [2.05, 4.69) is 31.2 Å². The van der Waals surface area contributed by atoms with Gasteiger partial charge in [-0.25, -0.2) is 0 Å². The molecule has 0 heterocycles. The summed E-state index contributed by atoms with van der Waals surface area (Å²) in [5.41, 5.74) is -0.324. The molecule has 0 aliphatic rings. The van der Waals surface area contributed by atoms with Crippen LogP contribution in [0.25, 0.3) is 0 Å². The Bertz CT molecular complexity index is 199. The van der Waals surface area contributed by atoms with Gasteiger partial charge in [0.2, 0.25) is 6.29 Å². The lowest BCUT2D eigenvalue weighted by Crippen LogP contribution is -2.10. The van der Waals surface area contributed by atoms with Crippen molar-refractivity contribution >= 4 is 6.29 Å². The smallest absolute Gasteiger partial charge is 0.204 e. The molecular formula is C13H21O. The topological polar surface area (TPSA) is 17.1 Å². The van der Waals surface area contributed by atoms with E-state index in [0.717, 1.165) is 25.7 Å². The van der Waals surface area contributed by atoms with Gasteiger partial charge >= 0.3 is 0 Å². The lowest BCUT2D eigenvalue weighted by molar-refractivity contribution is 0.454. The van der Waals surface area contributed by atoms with Gasteiger partial charge in [0, 0.05) is 5.41 Å². The zero-order valence-corrected chi connectivity index (χ0v) is 9.55. The Hall–Kier alpha value is -0.850. The molecule has 0 aromatic carbocycles. The van der Waals surface area contributed by atoms with Crippen LogP contribution in [0.15, 0.2) is 24.3 Å². The highest BCUT2D eigenvalue weighted by Crippen LogP contribution is 2.17. The van der Waals surface area contributed by atoms with Gasteiger partial charge in [-0.1, -0.05) is 45.1 Å². The number of hydrogen-bond acceptors (Lipinski definition) is 1. The fourth-order valence-corrected chi connectivity index (χ4v) is 1.01. The van der Waals surface area contributed by atoms with Crippen LogP contribution in [-0.4, -0.2) is 6.29 Å². The molecule has 0 aliphatic carbocycles. The van der Waals surface area contributed by atoms with Gasteiger partial charge in [0.1, 0.15) is 0 Å². The Morgan fingerprint density at radius 1 is 1.07 bits per heavy atom. The molecule has 0 spiro atoms. The Balaban J connectivity index is 3.54. The van der Waals surface area contributed by atoms with Crippen molar-refractivity contribution in [3.63, 3.8) is 0 Å². The zero-order chi connectivity index (χ0) is 10.9. The molecule has 0 fully saturated rings. The first-order valence-electron chi connectivity index (χ1n) is 5.31. The molecule has 79 valence electrons. The van der Waals surface area contributed by atoms with Gasteiger partial charge in [0.15, 0.2) is 0 Å². The van der Waals surface area contributed by atoms with Crippen LogP contribution in [0.2, 0.25) is 0 Å². The number of rotatable bonds is 7. The highest BCUT2D eigenvalue weighted by Gasteiger charge is 2.14. The lowest BCUT2D eigenvalue weighted by atomic mass is 9.91. The maximum atomic E-state index is 10.5. The summed E-state index contributed by atoms with van der Waals surface area (Å²) in [7, 11) is 0. The summed E-state index contributed by atoms with van der Waals surface area (Å²) >= 11 is 0. The van der Waals surface area contributed by atoms with Crippen LogP contribution in [-0.2, 0) is 4.79 Å². The van der Waals surface area contributed by atoms with Crippen LogP contribution in [0.1, 0.15) is 46.5 Å². The minimum Gasteiger partial charge on any atom is -0.290 e. The number of hydrogen-bond donors (Lipinski definition) is 0. The summed E-state index contributed by atoms with van der Waals surface area (Å²) in [6.45, 7) is 5.94. The van der Waals surface area contributed by atoms with Crippen molar-refractivity contribution in [3.05, 3.63) is 24.3 Å². The number of carbonyl (C=O) groups excluding carboxylic acids is 1. The van der Waals surface area contributed by atoms with Gasteiger partial charge in [-0.15, -0.1) is 0 Å². The minimum atomic E-state index is -0.324. The second kappa shape index (κ2) is 7.54. The summed E-state index contributed by atoms with van der Waals surface area (Å²) in [5, 5.41) is 0. The molecule has 1 radical (unpaired) electrons. The van der Waals surface area contributed by atoms with E-state index in [1.54, 1.807) is 0 Å². The third-order valence-corrected chi connectivity index (χ3v) is 1.97. The summed E-state index contributed by atoms with van der Waals surface area (Å²) < 4.78 is 0. The van der Waals surface area contributed by atoms with E-state index >= 15 is 0 Å². The predicted octanol–water partition coefficient (Wildman–Crippen LogP) is 3.82. The van der Waals surface area contributed by atoms with Gasteiger partial charge in [0.25, 0.3) is 0 Å². The van der Waals surface area contributed by atoms with Crippen LogP contribution < -0.4 is 0 Å². The molecule has 0 aromatic heterocycles. The van der Waals surface area contributed by atoms with Crippen molar-refractivity contribution < 1.29 is 4.79 Å². The third kappa shape index (κ3) is 7.78. The van der Waals surface area contributed by atoms with Crippen LogP contribution >= 0.6 is 0 Å². The van der Waals surface area contributed by atoms with Crippen molar-refractivity contribution in [1.82, 2.24) is 0 Å². The summed E-state index contributed by atoms with van der Waals surface area (Å²) in [5.74, 6) is 0. The normalized spacial score (nSPS) is 12.8. The molecule has 0 N–H and O–H groups in total. The van der Waals surface area contributed by atoms with Crippen LogP contribution in [0.3, 0.4) is 0 Å². The van der Waals surface area contributed by atoms with Gasteiger partial charge in [0.05, 0.1) is 0 Å². The molecule has 1 nitrogen and oxygen atoms in total. The Morgan fingerprint density at radius 2 is 1.64 bits per heavy atom. The van der Waals surface area contributed by atoms with Crippen molar-refractivity contribution in [2.75, 3.05) is 0 Å². The van der Waals surface area contributed by atoms with E-state index in [1.165, 1.54) is 0 Å². The Kier molecular flexibility index (Phi) is 7.09. The summed E-state index contributed by atoms with van der Waals surface area (Å²) in [6, 6.07) is 0. The maximum absolute atomic E-state index is 10.5. The van der Waals surface area contributed by atoms with E-state index < -0.39 is 0 Å². The summed E-state index contributed by atoms with van der Waals surface area (Å²) in [4.78, 5) is 10.5. The van der Waals surface area contributed by atoms with E-state index in [4.69, 9.17) is 0 Å². The minimum absolute atomic E-state index is 0.324. The molecule has 0 aromatic rings. The molecular weight excluding hydrogens is 172 g/mol. The van der Waals surface area contributed by atoms with E-state index in [0.29, 0.717) is 0 Å². The maximum Gasteiger partial charge on any atom is 0.204 e. The molecule has 0 rings (SSSR count). The van der Waals surface area contributed by atoms with Crippen molar-refractivity contribution in [2.45, 2.75) is 46.5 Å². The Morgan fingerprint density at radius 3 is 2.14 bits per heavy atom. The highest BCUT2D eigenvalue weighted by molar-refractivity contribution is 5.59. The average Bonchev–Trinajstić information content (AvgIpc) is 2.16. The molecule has 0 amide bonds. The fraction of sp³-hybridized carbons (Fsp3) is 0.615. The lowest BCUT2D eigenvalue weighted by Gasteiger charge is -2.11. The molecule has 0 unspecified atom stereocenters. The third-order valence-electron chi connectivity index (χ3n) is 1.97. The largest absolute Gasteiger partial charge is 0.290 e. The fourth-order valence-electron chi connectivity index (χ4n) is 1.01. The van der Waals surface area contributed by atoms with Crippen LogP contribution in [0, 0.1) is 5.41 Å². The zero-order valence-electron chi connectivity index (χ0n) is 9.55. The second-order valence-electron chi connectivity index (χ2n) is 4.12. The quantitative estimate of drug-likeness (QED) is 0.444.